The summed E-state index contributed by atoms with van der Waals surface area (Å²) in [4.78, 5) is 15.3. The van der Waals surface area contributed by atoms with Crippen LogP contribution in [0.2, 0.25) is 0 Å². The Morgan fingerprint density at radius 3 is 2.84 bits per heavy atom. The number of carbonyl (C=O) groups is 1. The number of benzene rings is 1. The first-order valence-electron chi connectivity index (χ1n) is 6.11. The number of aliphatic hydroxyl groups is 1. The summed E-state index contributed by atoms with van der Waals surface area (Å²) in [5, 5.41) is 21.9. The van der Waals surface area contributed by atoms with E-state index in [9.17, 15) is 4.79 Å². The second-order valence-electron chi connectivity index (χ2n) is 4.35. The van der Waals surface area contributed by atoms with Crippen molar-refractivity contribution in [2.75, 3.05) is 18.5 Å². The number of hydrogen-bond acceptors (Lipinski definition) is 4. The van der Waals surface area contributed by atoms with Gasteiger partial charge in [0.25, 0.3) is 0 Å². The van der Waals surface area contributed by atoms with Crippen LogP contribution in [-0.2, 0) is 0 Å². The van der Waals surface area contributed by atoms with E-state index in [2.05, 4.69) is 10.3 Å². The molecule has 100 valence electrons. The van der Waals surface area contributed by atoms with E-state index in [1.54, 1.807) is 18.2 Å². The van der Waals surface area contributed by atoms with Gasteiger partial charge in [0, 0.05) is 29.9 Å². The third-order valence-corrected chi connectivity index (χ3v) is 2.84. The van der Waals surface area contributed by atoms with Gasteiger partial charge in [-0.1, -0.05) is 0 Å². The SMILES string of the molecule is Cc1cc(NCCCO)c2ccc(C(=O)O)cc2n1. The quantitative estimate of drug-likeness (QED) is 0.716. The van der Waals surface area contributed by atoms with Crippen molar-refractivity contribution in [3.8, 4) is 0 Å². The van der Waals surface area contributed by atoms with Crippen LogP contribution in [0.4, 0.5) is 5.69 Å². The maximum Gasteiger partial charge on any atom is 0.335 e. The summed E-state index contributed by atoms with van der Waals surface area (Å²) in [5.41, 5.74) is 2.62. The van der Waals surface area contributed by atoms with Gasteiger partial charge in [-0.3, -0.25) is 4.98 Å². The summed E-state index contributed by atoms with van der Waals surface area (Å²) in [6.45, 7) is 2.66. The lowest BCUT2D eigenvalue weighted by atomic mass is 10.1. The fourth-order valence-electron chi connectivity index (χ4n) is 1.94. The van der Waals surface area contributed by atoms with Crippen molar-refractivity contribution in [1.29, 1.82) is 0 Å². The van der Waals surface area contributed by atoms with Gasteiger partial charge < -0.3 is 15.5 Å². The number of nitrogens with zero attached hydrogens (tertiary/aromatic N) is 1. The van der Waals surface area contributed by atoms with Crippen molar-refractivity contribution in [3.05, 3.63) is 35.5 Å². The monoisotopic (exact) mass is 260 g/mol. The summed E-state index contributed by atoms with van der Waals surface area (Å²) in [6.07, 6.45) is 0.663. The number of fused-ring (bicyclic) bond motifs is 1. The lowest BCUT2D eigenvalue weighted by Crippen LogP contribution is -2.05. The number of hydrogen-bond donors (Lipinski definition) is 3. The molecule has 0 aliphatic rings. The first kappa shape index (κ1) is 13.3. The molecule has 0 saturated carbocycles. The molecule has 0 aliphatic carbocycles. The molecular weight excluding hydrogens is 244 g/mol. The Kier molecular flexibility index (Phi) is 3.97. The molecule has 1 aromatic heterocycles. The Morgan fingerprint density at radius 1 is 1.37 bits per heavy atom. The molecule has 0 atom stereocenters. The predicted molar refractivity (Wildman–Crippen MR) is 73.6 cm³/mol. The first-order chi connectivity index (χ1) is 9.11. The summed E-state index contributed by atoms with van der Waals surface area (Å²) in [5.74, 6) is -0.958. The van der Waals surface area contributed by atoms with Crippen LogP contribution in [-0.4, -0.2) is 34.3 Å². The molecule has 0 fully saturated rings. The van der Waals surface area contributed by atoms with Gasteiger partial charge >= 0.3 is 5.97 Å². The fraction of sp³-hybridized carbons (Fsp3) is 0.286. The van der Waals surface area contributed by atoms with Crippen LogP contribution < -0.4 is 5.32 Å². The molecular formula is C14H16N2O3. The zero-order chi connectivity index (χ0) is 13.8. The van der Waals surface area contributed by atoms with E-state index in [0.29, 0.717) is 18.5 Å². The maximum absolute atomic E-state index is 11.0. The third-order valence-electron chi connectivity index (χ3n) is 2.84. The van der Waals surface area contributed by atoms with Gasteiger partial charge in [0.1, 0.15) is 0 Å². The van der Waals surface area contributed by atoms with E-state index in [4.69, 9.17) is 10.2 Å². The van der Waals surface area contributed by atoms with Crippen LogP contribution in [0.1, 0.15) is 22.5 Å². The highest BCUT2D eigenvalue weighted by Crippen LogP contribution is 2.24. The van der Waals surface area contributed by atoms with E-state index in [1.165, 1.54) is 0 Å². The first-order valence-corrected chi connectivity index (χ1v) is 6.11. The zero-order valence-corrected chi connectivity index (χ0v) is 10.7. The molecule has 2 aromatic rings. The number of aromatic carboxylic acids is 1. The van der Waals surface area contributed by atoms with E-state index in [-0.39, 0.29) is 12.2 Å². The molecule has 0 amide bonds. The Hall–Kier alpha value is -2.14. The normalized spacial score (nSPS) is 10.6. The molecule has 1 heterocycles. The largest absolute Gasteiger partial charge is 0.478 e. The molecule has 2 rings (SSSR count). The number of pyridine rings is 1. The second kappa shape index (κ2) is 5.67. The van der Waals surface area contributed by atoms with E-state index in [0.717, 1.165) is 16.8 Å². The maximum atomic E-state index is 11.0. The third kappa shape index (κ3) is 3.00. The number of rotatable bonds is 5. The average Bonchev–Trinajstić information content (AvgIpc) is 2.37. The number of carboxylic acid groups (broad SMARTS) is 1. The van der Waals surface area contributed by atoms with Crippen molar-refractivity contribution in [1.82, 2.24) is 4.98 Å². The smallest absolute Gasteiger partial charge is 0.335 e. The van der Waals surface area contributed by atoms with Gasteiger partial charge in [0.2, 0.25) is 0 Å². The van der Waals surface area contributed by atoms with E-state index in [1.807, 2.05) is 13.0 Å². The van der Waals surface area contributed by atoms with Gasteiger partial charge in [-0.2, -0.15) is 0 Å². The zero-order valence-electron chi connectivity index (χ0n) is 10.7. The van der Waals surface area contributed by atoms with Crippen molar-refractivity contribution in [3.63, 3.8) is 0 Å². The number of aliphatic hydroxyl groups excluding tert-OH is 1. The van der Waals surface area contributed by atoms with Crippen LogP contribution in [0, 0.1) is 6.92 Å². The lowest BCUT2D eigenvalue weighted by Gasteiger charge is -2.10. The minimum absolute atomic E-state index is 0.137. The highest BCUT2D eigenvalue weighted by Gasteiger charge is 2.08. The van der Waals surface area contributed by atoms with Crippen molar-refractivity contribution in [2.24, 2.45) is 0 Å². The Morgan fingerprint density at radius 2 is 2.16 bits per heavy atom. The van der Waals surface area contributed by atoms with Gasteiger partial charge in [-0.15, -0.1) is 0 Å². The van der Waals surface area contributed by atoms with Crippen LogP contribution in [0.5, 0.6) is 0 Å². The fourth-order valence-corrected chi connectivity index (χ4v) is 1.94. The summed E-state index contributed by atoms with van der Waals surface area (Å²) in [7, 11) is 0. The topological polar surface area (TPSA) is 82.5 Å². The molecule has 0 radical (unpaired) electrons. The standard InChI is InChI=1S/C14H16N2O3/c1-9-7-12(15-5-2-6-17)11-4-3-10(14(18)19)8-13(11)16-9/h3-4,7-8,17H,2,5-6H2,1H3,(H,15,16)(H,18,19). The molecule has 5 heteroatoms. The number of carboxylic acids is 1. The summed E-state index contributed by atoms with van der Waals surface area (Å²) >= 11 is 0. The molecule has 0 unspecified atom stereocenters. The molecule has 5 nitrogen and oxygen atoms in total. The summed E-state index contributed by atoms with van der Waals surface area (Å²) in [6, 6.07) is 6.81. The average molecular weight is 260 g/mol. The van der Waals surface area contributed by atoms with Crippen LogP contribution >= 0.6 is 0 Å². The van der Waals surface area contributed by atoms with Gasteiger partial charge in [0.15, 0.2) is 0 Å². The predicted octanol–water partition coefficient (Wildman–Crippen LogP) is 2.04. The number of nitrogens with one attached hydrogen (secondary N) is 1. The van der Waals surface area contributed by atoms with E-state index >= 15 is 0 Å². The molecule has 1 aromatic carbocycles. The number of anilines is 1. The number of aryl methyl sites for hydroxylation is 1. The summed E-state index contributed by atoms with van der Waals surface area (Å²) < 4.78 is 0. The van der Waals surface area contributed by atoms with Crippen molar-refractivity contribution < 1.29 is 15.0 Å². The van der Waals surface area contributed by atoms with E-state index < -0.39 is 5.97 Å². The van der Waals surface area contributed by atoms with Gasteiger partial charge in [0.05, 0.1) is 11.1 Å². The Balaban J connectivity index is 2.43. The molecule has 0 bridgehead atoms. The molecule has 3 N–H and O–H groups in total. The van der Waals surface area contributed by atoms with Crippen molar-refractivity contribution in [2.45, 2.75) is 13.3 Å². The lowest BCUT2D eigenvalue weighted by molar-refractivity contribution is 0.0697. The highest BCUT2D eigenvalue weighted by molar-refractivity contribution is 5.97. The molecule has 0 saturated heterocycles. The minimum atomic E-state index is -0.958. The van der Waals surface area contributed by atoms with Gasteiger partial charge in [-0.25, -0.2) is 4.79 Å². The van der Waals surface area contributed by atoms with Crippen molar-refractivity contribution >= 4 is 22.6 Å². The Bertz CT molecular complexity index is 611. The van der Waals surface area contributed by atoms with Gasteiger partial charge in [-0.05, 0) is 37.6 Å². The molecule has 19 heavy (non-hydrogen) atoms. The molecule has 0 aliphatic heterocycles. The minimum Gasteiger partial charge on any atom is -0.478 e. The second-order valence-corrected chi connectivity index (χ2v) is 4.35. The van der Waals surface area contributed by atoms with Crippen LogP contribution in [0.25, 0.3) is 10.9 Å². The Labute approximate surface area is 110 Å². The highest BCUT2D eigenvalue weighted by atomic mass is 16.4. The number of aromatic nitrogens is 1. The van der Waals surface area contributed by atoms with Crippen LogP contribution in [0.15, 0.2) is 24.3 Å². The van der Waals surface area contributed by atoms with Crippen LogP contribution in [0.3, 0.4) is 0 Å². The molecule has 0 spiro atoms.